The van der Waals surface area contributed by atoms with Gasteiger partial charge in [0.2, 0.25) is 0 Å². The van der Waals surface area contributed by atoms with E-state index in [1.807, 2.05) is 12.1 Å². The van der Waals surface area contributed by atoms with Gasteiger partial charge in [0.1, 0.15) is 6.54 Å². The molecule has 1 aliphatic carbocycles. The summed E-state index contributed by atoms with van der Waals surface area (Å²) >= 11 is 6.00. The van der Waals surface area contributed by atoms with Gasteiger partial charge in [-0.15, -0.1) is 0 Å². The molecule has 1 aromatic carbocycles. The highest BCUT2D eigenvalue weighted by atomic mass is 35.5. The van der Waals surface area contributed by atoms with E-state index in [4.69, 9.17) is 11.6 Å². The fourth-order valence-corrected chi connectivity index (χ4v) is 2.90. The van der Waals surface area contributed by atoms with Crippen molar-refractivity contribution in [3.8, 4) is 0 Å². The lowest BCUT2D eigenvalue weighted by Crippen LogP contribution is -2.88. The van der Waals surface area contributed by atoms with Crippen molar-refractivity contribution in [3.05, 3.63) is 34.9 Å². The highest BCUT2D eigenvalue weighted by Gasteiger charge is 2.13. The van der Waals surface area contributed by atoms with Crippen LogP contribution >= 0.6 is 11.6 Å². The first-order valence-corrected chi connectivity index (χ1v) is 7.30. The Bertz CT molecular complexity index is 329. The van der Waals surface area contributed by atoms with Crippen LogP contribution in [0, 0.1) is 0 Å². The minimum atomic E-state index is 0.828. The van der Waals surface area contributed by atoms with Crippen molar-refractivity contribution in [3.63, 3.8) is 0 Å². The van der Waals surface area contributed by atoms with E-state index >= 15 is 0 Å². The smallest absolute Gasteiger partial charge is 0.101 e. The standard InChI is InChI=1S/C15H22ClN/c16-14-8-6-7-13(11-14)12-17-15-9-4-2-1-3-5-10-15/h6-8,11,15,17H,1-5,9-10,12H2/p+1. The number of hydrogen-bond acceptors (Lipinski definition) is 0. The molecule has 17 heavy (non-hydrogen) atoms. The second kappa shape index (κ2) is 7.03. The van der Waals surface area contributed by atoms with Gasteiger partial charge in [0.25, 0.3) is 0 Å². The van der Waals surface area contributed by atoms with Crippen LogP contribution in [0.1, 0.15) is 50.5 Å². The Hall–Kier alpha value is -0.530. The minimum absolute atomic E-state index is 0.828. The first kappa shape index (κ1) is 12.9. The van der Waals surface area contributed by atoms with E-state index < -0.39 is 0 Å². The second-order valence-electron chi connectivity index (χ2n) is 5.17. The average Bonchev–Trinajstić information content (AvgIpc) is 2.27. The van der Waals surface area contributed by atoms with Gasteiger partial charge in [-0.3, -0.25) is 0 Å². The predicted octanol–water partition coefficient (Wildman–Crippen LogP) is 3.52. The Morgan fingerprint density at radius 1 is 1.06 bits per heavy atom. The topological polar surface area (TPSA) is 16.6 Å². The van der Waals surface area contributed by atoms with Crippen LogP contribution in [-0.2, 0) is 6.54 Å². The molecule has 0 atom stereocenters. The van der Waals surface area contributed by atoms with Crippen molar-refractivity contribution in [2.45, 2.75) is 57.5 Å². The number of rotatable bonds is 3. The summed E-state index contributed by atoms with van der Waals surface area (Å²) in [5.74, 6) is 0. The summed E-state index contributed by atoms with van der Waals surface area (Å²) in [6.45, 7) is 1.07. The molecule has 0 bridgehead atoms. The zero-order valence-electron chi connectivity index (χ0n) is 10.5. The lowest BCUT2D eigenvalue weighted by Gasteiger charge is -2.18. The summed E-state index contributed by atoms with van der Waals surface area (Å²) in [4.78, 5) is 0. The largest absolute Gasteiger partial charge is 0.340 e. The molecule has 0 radical (unpaired) electrons. The molecule has 0 saturated heterocycles. The molecule has 1 aromatic rings. The van der Waals surface area contributed by atoms with Gasteiger partial charge in [0.15, 0.2) is 0 Å². The van der Waals surface area contributed by atoms with Crippen LogP contribution in [0.5, 0.6) is 0 Å². The van der Waals surface area contributed by atoms with Crippen LogP contribution in [-0.4, -0.2) is 6.04 Å². The van der Waals surface area contributed by atoms with E-state index in [1.54, 1.807) is 0 Å². The summed E-state index contributed by atoms with van der Waals surface area (Å²) in [5, 5.41) is 3.37. The maximum atomic E-state index is 6.00. The van der Waals surface area contributed by atoms with E-state index in [1.165, 1.54) is 50.5 Å². The van der Waals surface area contributed by atoms with Crippen LogP contribution in [0.4, 0.5) is 0 Å². The minimum Gasteiger partial charge on any atom is -0.340 e. The van der Waals surface area contributed by atoms with E-state index in [2.05, 4.69) is 17.4 Å². The summed E-state index contributed by atoms with van der Waals surface area (Å²) in [6, 6.07) is 9.07. The van der Waals surface area contributed by atoms with E-state index in [9.17, 15) is 0 Å². The number of benzene rings is 1. The number of halogens is 1. The molecule has 0 amide bonds. The van der Waals surface area contributed by atoms with Gasteiger partial charge in [0.05, 0.1) is 6.04 Å². The lowest BCUT2D eigenvalue weighted by atomic mass is 9.96. The third-order valence-electron chi connectivity index (χ3n) is 3.73. The molecule has 2 heteroatoms. The molecular weight excluding hydrogens is 230 g/mol. The van der Waals surface area contributed by atoms with Gasteiger partial charge in [-0.25, -0.2) is 0 Å². The van der Waals surface area contributed by atoms with Gasteiger partial charge in [0, 0.05) is 10.6 Å². The molecule has 0 spiro atoms. The monoisotopic (exact) mass is 252 g/mol. The van der Waals surface area contributed by atoms with Crippen molar-refractivity contribution in [1.82, 2.24) is 0 Å². The van der Waals surface area contributed by atoms with Crippen molar-refractivity contribution in [2.75, 3.05) is 0 Å². The molecule has 0 aliphatic heterocycles. The molecule has 1 nitrogen and oxygen atoms in total. The first-order chi connectivity index (χ1) is 8.34. The van der Waals surface area contributed by atoms with Crippen molar-refractivity contribution in [1.29, 1.82) is 0 Å². The van der Waals surface area contributed by atoms with Crippen molar-refractivity contribution in [2.24, 2.45) is 0 Å². The fraction of sp³-hybridized carbons (Fsp3) is 0.600. The molecule has 94 valence electrons. The predicted molar refractivity (Wildman–Crippen MR) is 73.2 cm³/mol. The average molecular weight is 253 g/mol. The molecule has 1 fully saturated rings. The highest BCUT2D eigenvalue weighted by molar-refractivity contribution is 6.30. The Morgan fingerprint density at radius 3 is 2.47 bits per heavy atom. The lowest BCUT2D eigenvalue weighted by molar-refractivity contribution is -0.706. The molecule has 1 aliphatic rings. The number of quaternary nitrogens is 1. The Kier molecular flexibility index (Phi) is 5.34. The Morgan fingerprint density at radius 2 is 1.76 bits per heavy atom. The van der Waals surface area contributed by atoms with Crippen molar-refractivity contribution >= 4 is 11.6 Å². The zero-order valence-corrected chi connectivity index (χ0v) is 11.3. The molecule has 0 aromatic heterocycles. The van der Waals surface area contributed by atoms with Gasteiger partial charge < -0.3 is 5.32 Å². The summed E-state index contributed by atoms with van der Waals surface area (Å²) in [7, 11) is 0. The SMILES string of the molecule is Clc1cccc(C[NH2+]C2CCCCCCC2)c1. The third kappa shape index (κ3) is 4.69. The zero-order chi connectivity index (χ0) is 11.9. The van der Waals surface area contributed by atoms with E-state index in [0.29, 0.717) is 0 Å². The Balaban J connectivity index is 1.79. The summed E-state index contributed by atoms with van der Waals surface area (Å²) in [5.41, 5.74) is 1.35. The van der Waals surface area contributed by atoms with E-state index in [-0.39, 0.29) is 0 Å². The number of nitrogens with two attached hydrogens (primary N) is 1. The van der Waals surface area contributed by atoms with E-state index in [0.717, 1.165) is 17.6 Å². The highest BCUT2D eigenvalue weighted by Crippen LogP contribution is 2.15. The third-order valence-corrected chi connectivity index (χ3v) is 3.96. The molecule has 2 N–H and O–H groups in total. The van der Waals surface area contributed by atoms with Gasteiger partial charge in [-0.2, -0.15) is 0 Å². The van der Waals surface area contributed by atoms with Gasteiger partial charge in [-0.05, 0) is 37.8 Å². The molecular formula is C15H23ClN+. The van der Waals surface area contributed by atoms with Crippen LogP contribution in [0.3, 0.4) is 0 Å². The Labute approximate surface area is 110 Å². The normalized spacial score (nSPS) is 18.6. The van der Waals surface area contributed by atoms with Gasteiger partial charge in [-0.1, -0.05) is 43.0 Å². The maximum absolute atomic E-state index is 6.00. The van der Waals surface area contributed by atoms with Gasteiger partial charge >= 0.3 is 0 Å². The summed E-state index contributed by atoms with van der Waals surface area (Å²) in [6.07, 6.45) is 9.92. The number of hydrogen-bond donors (Lipinski definition) is 1. The van der Waals surface area contributed by atoms with Crippen LogP contribution < -0.4 is 5.32 Å². The molecule has 1 saturated carbocycles. The molecule has 0 unspecified atom stereocenters. The molecule has 2 rings (SSSR count). The molecule has 0 heterocycles. The quantitative estimate of drug-likeness (QED) is 0.848. The second-order valence-corrected chi connectivity index (χ2v) is 5.61. The van der Waals surface area contributed by atoms with Crippen LogP contribution in [0.2, 0.25) is 5.02 Å². The maximum Gasteiger partial charge on any atom is 0.101 e. The van der Waals surface area contributed by atoms with Crippen LogP contribution in [0.15, 0.2) is 24.3 Å². The fourth-order valence-electron chi connectivity index (χ4n) is 2.69. The summed E-state index contributed by atoms with van der Waals surface area (Å²) < 4.78 is 0. The first-order valence-electron chi connectivity index (χ1n) is 6.92. The van der Waals surface area contributed by atoms with Crippen LogP contribution in [0.25, 0.3) is 0 Å². The van der Waals surface area contributed by atoms with Crippen molar-refractivity contribution < 1.29 is 5.32 Å².